The van der Waals surface area contributed by atoms with Gasteiger partial charge in [-0.3, -0.25) is 0 Å². The average Bonchev–Trinajstić information content (AvgIpc) is 2.03. The van der Waals surface area contributed by atoms with E-state index >= 15 is 0 Å². The van der Waals surface area contributed by atoms with Gasteiger partial charge < -0.3 is 5.73 Å². The van der Waals surface area contributed by atoms with E-state index in [4.69, 9.17) is 17.3 Å². The predicted molar refractivity (Wildman–Crippen MR) is 53.4 cm³/mol. The SMILES string of the molecule is C[C@@H](N)CCc1c(F)cccc1Cl. The summed E-state index contributed by atoms with van der Waals surface area (Å²) in [6.07, 6.45) is 1.35. The van der Waals surface area contributed by atoms with Crippen molar-refractivity contribution in [2.45, 2.75) is 25.8 Å². The fourth-order valence-electron chi connectivity index (χ4n) is 1.14. The fourth-order valence-corrected chi connectivity index (χ4v) is 1.40. The lowest BCUT2D eigenvalue weighted by Crippen LogP contribution is -2.15. The molecule has 0 radical (unpaired) electrons. The molecule has 0 heterocycles. The third kappa shape index (κ3) is 2.98. The third-order valence-electron chi connectivity index (χ3n) is 1.91. The monoisotopic (exact) mass is 201 g/mol. The molecule has 0 bridgehead atoms. The molecule has 0 saturated heterocycles. The van der Waals surface area contributed by atoms with Gasteiger partial charge in [0.2, 0.25) is 0 Å². The first-order valence-electron chi connectivity index (χ1n) is 4.29. The van der Waals surface area contributed by atoms with Crippen molar-refractivity contribution in [1.29, 1.82) is 0 Å². The van der Waals surface area contributed by atoms with Gasteiger partial charge in [0, 0.05) is 16.6 Å². The second-order valence-corrected chi connectivity index (χ2v) is 3.62. The Morgan fingerprint density at radius 3 is 2.77 bits per heavy atom. The summed E-state index contributed by atoms with van der Waals surface area (Å²) in [5, 5.41) is 0.487. The Kier molecular flexibility index (Phi) is 3.70. The van der Waals surface area contributed by atoms with Gasteiger partial charge in [0.15, 0.2) is 0 Å². The second kappa shape index (κ2) is 4.58. The highest BCUT2D eigenvalue weighted by Crippen LogP contribution is 2.20. The molecule has 1 aromatic carbocycles. The van der Waals surface area contributed by atoms with Gasteiger partial charge in [0.1, 0.15) is 5.82 Å². The van der Waals surface area contributed by atoms with E-state index in [0.717, 1.165) is 6.42 Å². The summed E-state index contributed by atoms with van der Waals surface area (Å²) in [5.41, 5.74) is 6.15. The van der Waals surface area contributed by atoms with Crippen molar-refractivity contribution in [2.75, 3.05) is 0 Å². The van der Waals surface area contributed by atoms with Gasteiger partial charge in [-0.25, -0.2) is 4.39 Å². The Bertz CT molecular complexity index is 266. The average molecular weight is 202 g/mol. The number of nitrogens with two attached hydrogens (primary N) is 1. The highest BCUT2D eigenvalue weighted by molar-refractivity contribution is 6.31. The Labute approximate surface area is 82.7 Å². The summed E-state index contributed by atoms with van der Waals surface area (Å²) in [5.74, 6) is -0.242. The quantitative estimate of drug-likeness (QED) is 0.800. The second-order valence-electron chi connectivity index (χ2n) is 3.22. The normalized spacial score (nSPS) is 12.9. The largest absolute Gasteiger partial charge is 0.328 e. The van der Waals surface area contributed by atoms with E-state index in [1.165, 1.54) is 6.07 Å². The molecule has 0 amide bonds. The van der Waals surface area contributed by atoms with Crippen LogP contribution in [0.25, 0.3) is 0 Å². The number of hydrogen-bond acceptors (Lipinski definition) is 1. The topological polar surface area (TPSA) is 26.0 Å². The lowest BCUT2D eigenvalue weighted by atomic mass is 10.1. The zero-order chi connectivity index (χ0) is 9.84. The van der Waals surface area contributed by atoms with E-state index in [9.17, 15) is 4.39 Å². The van der Waals surface area contributed by atoms with Gasteiger partial charge in [0.25, 0.3) is 0 Å². The smallest absolute Gasteiger partial charge is 0.127 e. The van der Waals surface area contributed by atoms with Crippen LogP contribution in [0.1, 0.15) is 18.9 Å². The summed E-state index contributed by atoms with van der Waals surface area (Å²) in [4.78, 5) is 0. The van der Waals surface area contributed by atoms with Crippen LogP contribution < -0.4 is 5.73 Å². The third-order valence-corrected chi connectivity index (χ3v) is 2.27. The van der Waals surface area contributed by atoms with Crippen molar-refractivity contribution in [3.63, 3.8) is 0 Å². The zero-order valence-corrected chi connectivity index (χ0v) is 8.31. The van der Waals surface area contributed by atoms with E-state index in [-0.39, 0.29) is 11.9 Å². The molecule has 1 rings (SSSR count). The molecular weight excluding hydrogens is 189 g/mol. The Balaban J connectivity index is 2.75. The first-order chi connectivity index (χ1) is 6.11. The van der Waals surface area contributed by atoms with Crippen molar-refractivity contribution in [2.24, 2.45) is 5.73 Å². The first kappa shape index (κ1) is 10.5. The number of hydrogen-bond donors (Lipinski definition) is 1. The van der Waals surface area contributed by atoms with Crippen LogP contribution in [0.4, 0.5) is 4.39 Å². The molecule has 0 saturated carbocycles. The predicted octanol–water partition coefficient (Wildman–Crippen LogP) is 2.76. The zero-order valence-electron chi connectivity index (χ0n) is 7.56. The Hall–Kier alpha value is -0.600. The van der Waals surface area contributed by atoms with Crippen LogP contribution >= 0.6 is 11.6 Å². The summed E-state index contributed by atoms with van der Waals surface area (Å²) in [7, 11) is 0. The number of halogens is 2. The van der Waals surface area contributed by atoms with E-state index in [1.807, 2.05) is 6.92 Å². The molecule has 0 spiro atoms. The minimum Gasteiger partial charge on any atom is -0.328 e. The number of benzene rings is 1. The summed E-state index contributed by atoms with van der Waals surface area (Å²) < 4.78 is 13.2. The van der Waals surface area contributed by atoms with Gasteiger partial charge in [-0.05, 0) is 31.9 Å². The van der Waals surface area contributed by atoms with Crippen LogP contribution in [0.5, 0.6) is 0 Å². The molecule has 0 fully saturated rings. The van der Waals surface area contributed by atoms with Gasteiger partial charge in [-0.2, -0.15) is 0 Å². The van der Waals surface area contributed by atoms with Crippen molar-refractivity contribution in [3.05, 3.63) is 34.6 Å². The van der Waals surface area contributed by atoms with E-state index in [0.29, 0.717) is 17.0 Å². The van der Waals surface area contributed by atoms with Crippen LogP contribution in [-0.2, 0) is 6.42 Å². The molecular formula is C10H13ClFN. The maximum atomic E-state index is 13.2. The van der Waals surface area contributed by atoms with Crippen molar-refractivity contribution < 1.29 is 4.39 Å². The van der Waals surface area contributed by atoms with Gasteiger partial charge in [0.05, 0.1) is 0 Å². The molecule has 13 heavy (non-hydrogen) atoms. The van der Waals surface area contributed by atoms with Crippen LogP contribution in [0.3, 0.4) is 0 Å². The summed E-state index contributed by atoms with van der Waals surface area (Å²) >= 11 is 5.83. The standard InChI is InChI=1S/C10H13ClFN/c1-7(13)5-6-8-9(11)3-2-4-10(8)12/h2-4,7H,5-6,13H2,1H3/t7-/m1/s1. The lowest BCUT2D eigenvalue weighted by molar-refractivity contribution is 0.591. The fraction of sp³-hybridized carbons (Fsp3) is 0.400. The molecule has 72 valence electrons. The highest BCUT2D eigenvalue weighted by atomic mass is 35.5. The van der Waals surface area contributed by atoms with E-state index < -0.39 is 0 Å². The molecule has 0 aliphatic rings. The molecule has 0 aliphatic heterocycles. The molecule has 3 heteroatoms. The molecule has 0 aliphatic carbocycles. The first-order valence-corrected chi connectivity index (χ1v) is 4.67. The molecule has 1 atom stereocenters. The van der Waals surface area contributed by atoms with Crippen LogP contribution in [0.2, 0.25) is 5.02 Å². The summed E-state index contributed by atoms with van der Waals surface area (Å²) in [6.45, 7) is 1.90. The van der Waals surface area contributed by atoms with Crippen molar-refractivity contribution >= 4 is 11.6 Å². The molecule has 0 unspecified atom stereocenters. The minimum atomic E-state index is -0.242. The van der Waals surface area contributed by atoms with Crippen LogP contribution in [0.15, 0.2) is 18.2 Å². The minimum absolute atomic E-state index is 0.0793. The molecule has 2 N–H and O–H groups in total. The van der Waals surface area contributed by atoms with Crippen molar-refractivity contribution in [1.82, 2.24) is 0 Å². The lowest BCUT2D eigenvalue weighted by Gasteiger charge is -2.07. The maximum Gasteiger partial charge on any atom is 0.127 e. The molecule has 1 aromatic rings. The van der Waals surface area contributed by atoms with Crippen LogP contribution in [-0.4, -0.2) is 6.04 Å². The molecule has 1 nitrogen and oxygen atoms in total. The van der Waals surface area contributed by atoms with Gasteiger partial charge >= 0.3 is 0 Å². The van der Waals surface area contributed by atoms with E-state index in [2.05, 4.69) is 0 Å². The van der Waals surface area contributed by atoms with Crippen molar-refractivity contribution in [3.8, 4) is 0 Å². The highest BCUT2D eigenvalue weighted by Gasteiger charge is 2.06. The van der Waals surface area contributed by atoms with Crippen LogP contribution in [0, 0.1) is 5.82 Å². The van der Waals surface area contributed by atoms with E-state index in [1.54, 1.807) is 12.1 Å². The van der Waals surface area contributed by atoms with Gasteiger partial charge in [-0.15, -0.1) is 0 Å². The van der Waals surface area contributed by atoms with Gasteiger partial charge in [-0.1, -0.05) is 17.7 Å². The maximum absolute atomic E-state index is 13.2. The number of rotatable bonds is 3. The molecule has 0 aromatic heterocycles. The summed E-state index contributed by atoms with van der Waals surface area (Å²) in [6, 6.07) is 4.80. The Morgan fingerprint density at radius 1 is 1.54 bits per heavy atom. The Morgan fingerprint density at radius 2 is 2.23 bits per heavy atom.